The average molecular weight is 382 g/mol. The van der Waals surface area contributed by atoms with Gasteiger partial charge >= 0.3 is 5.97 Å². The van der Waals surface area contributed by atoms with Gasteiger partial charge in [0.1, 0.15) is 0 Å². The van der Waals surface area contributed by atoms with E-state index >= 15 is 0 Å². The lowest BCUT2D eigenvalue weighted by atomic mass is 10.1. The summed E-state index contributed by atoms with van der Waals surface area (Å²) in [5.41, 5.74) is 0.710. The summed E-state index contributed by atoms with van der Waals surface area (Å²) in [6, 6.07) is 6.39. The fourth-order valence-electron chi connectivity index (χ4n) is 3.01. The van der Waals surface area contributed by atoms with Crippen LogP contribution in [0.4, 0.5) is 0 Å². The van der Waals surface area contributed by atoms with Crippen molar-refractivity contribution in [1.29, 1.82) is 0 Å². The molecule has 8 heteroatoms. The molecule has 26 heavy (non-hydrogen) atoms. The van der Waals surface area contributed by atoms with Gasteiger partial charge in [0.2, 0.25) is 15.9 Å². The van der Waals surface area contributed by atoms with E-state index in [2.05, 4.69) is 0 Å². The van der Waals surface area contributed by atoms with Crippen LogP contribution in [0.25, 0.3) is 0 Å². The van der Waals surface area contributed by atoms with E-state index in [4.69, 9.17) is 5.11 Å². The number of likely N-dealkylation sites (N-methyl/N-ethyl adjacent to an activating group) is 1. The number of carbonyl (C=O) groups is 2. The molecule has 1 heterocycles. The van der Waals surface area contributed by atoms with Gasteiger partial charge in [0.05, 0.1) is 17.7 Å². The SMILES string of the molecule is CCN(CCC(=O)O)C(=O)Cc1ccc(S(=O)(=O)N2CCCCC2)cc1. The maximum atomic E-state index is 12.6. The second-order valence-electron chi connectivity index (χ2n) is 6.40. The lowest BCUT2D eigenvalue weighted by Crippen LogP contribution is -2.35. The van der Waals surface area contributed by atoms with E-state index in [-0.39, 0.29) is 30.2 Å². The van der Waals surface area contributed by atoms with Crippen molar-refractivity contribution >= 4 is 21.9 Å². The Balaban J connectivity index is 2.02. The second kappa shape index (κ2) is 9.14. The van der Waals surface area contributed by atoms with Crippen LogP contribution in [0.5, 0.6) is 0 Å². The largest absolute Gasteiger partial charge is 0.481 e. The smallest absolute Gasteiger partial charge is 0.305 e. The van der Waals surface area contributed by atoms with Gasteiger partial charge < -0.3 is 10.0 Å². The highest BCUT2D eigenvalue weighted by molar-refractivity contribution is 7.89. The second-order valence-corrected chi connectivity index (χ2v) is 8.34. The number of sulfonamides is 1. The van der Waals surface area contributed by atoms with Gasteiger partial charge in [-0.25, -0.2) is 8.42 Å². The molecule has 1 aromatic rings. The molecule has 0 bridgehead atoms. The first-order chi connectivity index (χ1) is 12.3. The summed E-state index contributed by atoms with van der Waals surface area (Å²) in [5.74, 6) is -1.11. The molecule has 1 aliphatic rings. The lowest BCUT2D eigenvalue weighted by molar-refractivity contribution is -0.138. The molecule has 1 saturated heterocycles. The van der Waals surface area contributed by atoms with Crippen molar-refractivity contribution in [3.05, 3.63) is 29.8 Å². The minimum atomic E-state index is -3.47. The van der Waals surface area contributed by atoms with Crippen LogP contribution >= 0.6 is 0 Å². The Morgan fingerprint density at radius 1 is 1.12 bits per heavy atom. The lowest BCUT2D eigenvalue weighted by Gasteiger charge is -2.26. The predicted molar refractivity (Wildman–Crippen MR) is 97.3 cm³/mol. The Morgan fingerprint density at radius 3 is 2.27 bits per heavy atom. The molecular weight excluding hydrogens is 356 g/mol. The van der Waals surface area contributed by atoms with Crippen molar-refractivity contribution in [3.63, 3.8) is 0 Å². The van der Waals surface area contributed by atoms with Crippen LogP contribution in [-0.2, 0) is 26.0 Å². The number of hydrogen-bond donors (Lipinski definition) is 1. The third-order valence-corrected chi connectivity index (χ3v) is 6.47. The van der Waals surface area contributed by atoms with Crippen LogP contribution in [0.1, 0.15) is 38.2 Å². The van der Waals surface area contributed by atoms with E-state index in [0.29, 0.717) is 25.2 Å². The number of nitrogens with zero attached hydrogens (tertiary/aromatic N) is 2. The monoisotopic (exact) mass is 382 g/mol. The van der Waals surface area contributed by atoms with Gasteiger partial charge in [-0.05, 0) is 37.5 Å². The van der Waals surface area contributed by atoms with Gasteiger partial charge in [-0.3, -0.25) is 9.59 Å². The van der Waals surface area contributed by atoms with Crippen LogP contribution in [0.3, 0.4) is 0 Å². The fourth-order valence-corrected chi connectivity index (χ4v) is 4.53. The third kappa shape index (κ3) is 5.28. The summed E-state index contributed by atoms with van der Waals surface area (Å²) in [5, 5.41) is 8.74. The molecule has 1 amide bonds. The van der Waals surface area contributed by atoms with Crippen molar-refractivity contribution in [2.45, 2.75) is 43.9 Å². The highest BCUT2D eigenvalue weighted by Crippen LogP contribution is 2.21. The number of aliphatic carboxylic acids is 1. The van der Waals surface area contributed by atoms with Gasteiger partial charge in [0.25, 0.3) is 0 Å². The first kappa shape index (κ1) is 20.4. The number of benzene rings is 1. The molecular formula is C18H26N2O5S. The van der Waals surface area contributed by atoms with Gasteiger partial charge in [0, 0.05) is 26.2 Å². The molecule has 0 saturated carbocycles. The molecule has 1 aromatic carbocycles. The van der Waals surface area contributed by atoms with Crippen molar-refractivity contribution < 1.29 is 23.1 Å². The fraction of sp³-hybridized carbons (Fsp3) is 0.556. The van der Waals surface area contributed by atoms with E-state index in [1.54, 1.807) is 31.2 Å². The van der Waals surface area contributed by atoms with Crippen LogP contribution in [0.2, 0.25) is 0 Å². The number of carboxylic acids is 1. The zero-order chi connectivity index (χ0) is 19.2. The number of rotatable bonds is 8. The summed E-state index contributed by atoms with van der Waals surface area (Å²) >= 11 is 0. The Morgan fingerprint density at radius 2 is 1.73 bits per heavy atom. The van der Waals surface area contributed by atoms with E-state index < -0.39 is 16.0 Å². The summed E-state index contributed by atoms with van der Waals surface area (Å²) in [6.07, 6.45) is 2.86. The number of carbonyl (C=O) groups excluding carboxylic acids is 1. The Kier molecular flexibility index (Phi) is 7.16. The zero-order valence-corrected chi connectivity index (χ0v) is 15.9. The molecule has 0 unspecified atom stereocenters. The number of amides is 1. The molecule has 2 rings (SSSR count). The van der Waals surface area contributed by atoms with Crippen molar-refractivity contribution in [1.82, 2.24) is 9.21 Å². The Labute approximate surface area is 154 Å². The van der Waals surface area contributed by atoms with Gasteiger partial charge in [-0.2, -0.15) is 4.31 Å². The third-order valence-electron chi connectivity index (χ3n) is 4.56. The van der Waals surface area contributed by atoms with E-state index in [9.17, 15) is 18.0 Å². The maximum absolute atomic E-state index is 12.6. The minimum Gasteiger partial charge on any atom is -0.481 e. The zero-order valence-electron chi connectivity index (χ0n) is 15.1. The summed E-state index contributed by atoms with van der Waals surface area (Å²) in [6.45, 7) is 3.52. The standard InChI is InChI=1S/C18H26N2O5S/c1-2-19(13-10-18(22)23)17(21)14-15-6-8-16(9-7-15)26(24,25)20-11-4-3-5-12-20/h6-9H,2-5,10-14H2,1H3,(H,22,23). The highest BCUT2D eigenvalue weighted by Gasteiger charge is 2.25. The van der Waals surface area contributed by atoms with E-state index in [0.717, 1.165) is 19.3 Å². The Bertz CT molecular complexity index is 724. The summed E-state index contributed by atoms with van der Waals surface area (Å²) in [7, 11) is -3.47. The average Bonchev–Trinajstić information content (AvgIpc) is 2.63. The summed E-state index contributed by atoms with van der Waals surface area (Å²) in [4.78, 5) is 24.7. The van der Waals surface area contributed by atoms with Crippen molar-refractivity contribution in [2.75, 3.05) is 26.2 Å². The quantitative estimate of drug-likeness (QED) is 0.739. The number of hydrogen-bond acceptors (Lipinski definition) is 4. The molecule has 0 aliphatic carbocycles. The topological polar surface area (TPSA) is 95.0 Å². The molecule has 1 aliphatic heterocycles. The van der Waals surface area contributed by atoms with E-state index in [1.807, 2.05) is 0 Å². The molecule has 0 radical (unpaired) electrons. The number of carboxylic acid groups (broad SMARTS) is 1. The van der Waals surface area contributed by atoms with Crippen LogP contribution in [0.15, 0.2) is 29.2 Å². The Hall–Kier alpha value is -1.93. The van der Waals surface area contributed by atoms with Gasteiger partial charge in [-0.1, -0.05) is 18.6 Å². The van der Waals surface area contributed by atoms with Crippen molar-refractivity contribution in [2.24, 2.45) is 0 Å². The maximum Gasteiger partial charge on any atom is 0.305 e. The molecule has 7 nitrogen and oxygen atoms in total. The normalized spacial score (nSPS) is 15.6. The first-order valence-electron chi connectivity index (χ1n) is 8.93. The number of piperidine rings is 1. The predicted octanol–water partition coefficient (Wildman–Crippen LogP) is 1.73. The molecule has 0 atom stereocenters. The van der Waals surface area contributed by atoms with Crippen LogP contribution < -0.4 is 0 Å². The van der Waals surface area contributed by atoms with Crippen LogP contribution in [-0.4, -0.2) is 60.8 Å². The first-order valence-corrected chi connectivity index (χ1v) is 10.4. The molecule has 1 N–H and O–H groups in total. The molecule has 1 fully saturated rings. The molecule has 0 aromatic heterocycles. The summed E-state index contributed by atoms with van der Waals surface area (Å²) < 4.78 is 26.8. The van der Waals surface area contributed by atoms with Gasteiger partial charge in [-0.15, -0.1) is 0 Å². The van der Waals surface area contributed by atoms with Gasteiger partial charge in [0.15, 0.2) is 0 Å². The van der Waals surface area contributed by atoms with Crippen molar-refractivity contribution in [3.8, 4) is 0 Å². The molecule has 144 valence electrons. The molecule has 0 spiro atoms. The van der Waals surface area contributed by atoms with Crippen LogP contribution in [0, 0.1) is 0 Å². The minimum absolute atomic E-state index is 0.0907. The highest BCUT2D eigenvalue weighted by atomic mass is 32.2. The van der Waals surface area contributed by atoms with E-state index in [1.165, 1.54) is 9.21 Å².